The molecule has 1 N–H and O–H groups in total. The van der Waals surface area contributed by atoms with E-state index in [-0.39, 0.29) is 6.03 Å². The maximum Gasteiger partial charge on any atom is 0.317 e. The van der Waals surface area contributed by atoms with E-state index < -0.39 is 0 Å². The summed E-state index contributed by atoms with van der Waals surface area (Å²) in [5, 5.41) is 3.07. The molecule has 0 bridgehead atoms. The molecule has 1 saturated heterocycles. The van der Waals surface area contributed by atoms with E-state index in [4.69, 9.17) is 9.47 Å². The first-order chi connectivity index (χ1) is 11.8. The van der Waals surface area contributed by atoms with E-state index >= 15 is 0 Å². The fraction of sp³-hybridized carbons (Fsp3) is 0.632. The topological polar surface area (TPSA) is 50.8 Å². The summed E-state index contributed by atoms with van der Waals surface area (Å²) in [5.74, 6) is 0.495. The molecule has 1 heterocycles. The molecule has 1 aliphatic heterocycles. The summed E-state index contributed by atoms with van der Waals surface area (Å²) in [7, 11) is 0. The van der Waals surface area contributed by atoms with E-state index in [2.05, 4.69) is 29.6 Å². The first-order valence-corrected chi connectivity index (χ1v) is 9.04. The Morgan fingerprint density at radius 1 is 1.25 bits per heavy atom. The van der Waals surface area contributed by atoms with E-state index in [1.807, 2.05) is 11.8 Å². The zero-order chi connectivity index (χ0) is 16.8. The second-order valence-corrected chi connectivity index (χ2v) is 6.73. The molecular formula is C19H28N2O3. The smallest absolute Gasteiger partial charge is 0.317 e. The number of rotatable bonds is 8. The van der Waals surface area contributed by atoms with Gasteiger partial charge in [0.15, 0.2) is 0 Å². The van der Waals surface area contributed by atoms with Crippen LogP contribution in [0.4, 0.5) is 4.79 Å². The molecule has 1 unspecified atom stereocenters. The molecule has 24 heavy (non-hydrogen) atoms. The van der Waals surface area contributed by atoms with Crippen LogP contribution < -0.4 is 5.32 Å². The van der Waals surface area contributed by atoms with Gasteiger partial charge in [0.1, 0.15) is 0 Å². The summed E-state index contributed by atoms with van der Waals surface area (Å²) in [6.07, 6.45) is 3.33. The third-order valence-electron chi connectivity index (χ3n) is 4.67. The van der Waals surface area contributed by atoms with Crippen LogP contribution in [0, 0.1) is 5.92 Å². The van der Waals surface area contributed by atoms with Crippen molar-refractivity contribution in [3.63, 3.8) is 0 Å². The highest BCUT2D eigenvalue weighted by Gasteiger charge is 2.34. The molecular weight excluding hydrogens is 304 g/mol. The summed E-state index contributed by atoms with van der Waals surface area (Å²) < 4.78 is 10.8. The molecule has 132 valence electrons. The summed E-state index contributed by atoms with van der Waals surface area (Å²) in [5.41, 5.74) is 2.27. The molecule has 3 rings (SSSR count). The number of hydrogen-bond donors (Lipinski definition) is 1. The third-order valence-corrected chi connectivity index (χ3v) is 4.67. The van der Waals surface area contributed by atoms with Crippen molar-refractivity contribution in [2.45, 2.75) is 45.4 Å². The second-order valence-electron chi connectivity index (χ2n) is 6.73. The van der Waals surface area contributed by atoms with Gasteiger partial charge in [0.25, 0.3) is 0 Å². The van der Waals surface area contributed by atoms with Gasteiger partial charge < -0.3 is 19.7 Å². The van der Waals surface area contributed by atoms with Gasteiger partial charge in [0.05, 0.1) is 13.2 Å². The number of carbonyl (C=O) groups excluding carboxylic acids is 1. The van der Waals surface area contributed by atoms with Crippen LogP contribution in [0.15, 0.2) is 24.3 Å². The Balaban J connectivity index is 1.47. The molecule has 1 atom stereocenters. The first-order valence-electron chi connectivity index (χ1n) is 9.04. The molecule has 1 aromatic rings. The normalized spacial score (nSPS) is 20.1. The van der Waals surface area contributed by atoms with Gasteiger partial charge in [-0.1, -0.05) is 24.3 Å². The standard InChI is InChI=1S/C19H28N2O3/c1-2-23-13-16-5-3-15(4-6-16)11-20-19(22)21(18-7-8-18)12-17-9-10-24-14-17/h3-6,17-18H,2,7-14H2,1H3,(H,20,22). The monoisotopic (exact) mass is 332 g/mol. The van der Waals surface area contributed by atoms with Crippen molar-refractivity contribution in [1.29, 1.82) is 0 Å². The van der Waals surface area contributed by atoms with Crippen molar-refractivity contribution in [3.8, 4) is 0 Å². The Morgan fingerprint density at radius 3 is 2.62 bits per heavy atom. The number of nitrogens with one attached hydrogen (secondary N) is 1. The summed E-state index contributed by atoms with van der Waals surface area (Å²) in [4.78, 5) is 14.6. The molecule has 5 heteroatoms. The average Bonchev–Trinajstić information content (AvgIpc) is 3.32. The largest absolute Gasteiger partial charge is 0.381 e. The Bertz CT molecular complexity index is 522. The van der Waals surface area contributed by atoms with Crippen LogP contribution in [0.2, 0.25) is 0 Å². The molecule has 1 saturated carbocycles. The van der Waals surface area contributed by atoms with Crippen molar-refractivity contribution >= 4 is 6.03 Å². The Labute approximate surface area is 144 Å². The number of carbonyl (C=O) groups is 1. The predicted octanol–water partition coefficient (Wildman–Crippen LogP) is 2.93. The number of urea groups is 1. The van der Waals surface area contributed by atoms with Gasteiger partial charge in [-0.05, 0) is 37.3 Å². The SMILES string of the molecule is CCOCc1ccc(CNC(=O)N(CC2CCOC2)C2CC2)cc1. The minimum Gasteiger partial charge on any atom is -0.381 e. The van der Waals surface area contributed by atoms with Crippen molar-refractivity contribution in [2.24, 2.45) is 5.92 Å². The molecule has 1 aliphatic carbocycles. The zero-order valence-corrected chi connectivity index (χ0v) is 14.5. The van der Waals surface area contributed by atoms with Crippen molar-refractivity contribution in [2.75, 3.05) is 26.4 Å². The van der Waals surface area contributed by atoms with Crippen molar-refractivity contribution < 1.29 is 14.3 Å². The fourth-order valence-corrected chi connectivity index (χ4v) is 3.04. The quantitative estimate of drug-likeness (QED) is 0.796. The fourth-order valence-electron chi connectivity index (χ4n) is 3.04. The highest BCUT2D eigenvalue weighted by atomic mass is 16.5. The number of hydrogen-bond acceptors (Lipinski definition) is 3. The van der Waals surface area contributed by atoms with Crippen LogP contribution in [-0.2, 0) is 22.6 Å². The lowest BCUT2D eigenvalue weighted by Gasteiger charge is -2.25. The number of nitrogens with zero attached hydrogens (tertiary/aromatic N) is 1. The lowest BCUT2D eigenvalue weighted by Crippen LogP contribution is -2.43. The number of amides is 2. The molecule has 1 aromatic carbocycles. The van der Waals surface area contributed by atoms with Crippen LogP contribution in [0.3, 0.4) is 0 Å². The van der Waals surface area contributed by atoms with Gasteiger partial charge in [0, 0.05) is 38.3 Å². The predicted molar refractivity (Wildman–Crippen MR) is 92.7 cm³/mol. The van der Waals surface area contributed by atoms with E-state index in [1.165, 1.54) is 0 Å². The van der Waals surface area contributed by atoms with Crippen LogP contribution in [0.5, 0.6) is 0 Å². The summed E-state index contributed by atoms with van der Waals surface area (Å²) in [6, 6.07) is 8.72. The van der Waals surface area contributed by atoms with Crippen molar-refractivity contribution in [3.05, 3.63) is 35.4 Å². The van der Waals surface area contributed by atoms with Gasteiger partial charge >= 0.3 is 6.03 Å². The van der Waals surface area contributed by atoms with Crippen LogP contribution in [0.1, 0.15) is 37.3 Å². The second kappa shape index (κ2) is 8.49. The number of ether oxygens (including phenoxy) is 2. The molecule has 5 nitrogen and oxygen atoms in total. The van der Waals surface area contributed by atoms with Crippen LogP contribution in [-0.4, -0.2) is 43.3 Å². The van der Waals surface area contributed by atoms with Gasteiger partial charge in [-0.25, -0.2) is 4.79 Å². The average molecular weight is 332 g/mol. The molecule has 2 aliphatic rings. The Morgan fingerprint density at radius 2 is 2.00 bits per heavy atom. The molecule has 2 amide bonds. The summed E-state index contributed by atoms with van der Waals surface area (Å²) in [6.45, 7) is 6.37. The molecule has 0 aromatic heterocycles. The molecule has 0 radical (unpaired) electrons. The molecule has 2 fully saturated rings. The Kier molecular flexibility index (Phi) is 6.10. The van der Waals surface area contributed by atoms with E-state index in [0.717, 1.165) is 56.8 Å². The van der Waals surface area contributed by atoms with Crippen LogP contribution in [0.25, 0.3) is 0 Å². The highest BCUT2D eigenvalue weighted by molar-refractivity contribution is 5.75. The van der Waals surface area contributed by atoms with E-state index in [9.17, 15) is 4.79 Å². The summed E-state index contributed by atoms with van der Waals surface area (Å²) >= 11 is 0. The highest BCUT2D eigenvalue weighted by Crippen LogP contribution is 2.29. The lowest BCUT2D eigenvalue weighted by molar-refractivity contribution is 0.134. The lowest BCUT2D eigenvalue weighted by atomic mass is 10.1. The van der Waals surface area contributed by atoms with E-state index in [1.54, 1.807) is 0 Å². The van der Waals surface area contributed by atoms with Crippen molar-refractivity contribution in [1.82, 2.24) is 10.2 Å². The van der Waals surface area contributed by atoms with Gasteiger partial charge in [-0.3, -0.25) is 0 Å². The maximum atomic E-state index is 12.5. The van der Waals surface area contributed by atoms with Gasteiger partial charge in [-0.2, -0.15) is 0 Å². The number of benzene rings is 1. The molecule has 0 spiro atoms. The van der Waals surface area contributed by atoms with E-state index in [0.29, 0.717) is 25.1 Å². The maximum absolute atomic E-state index is 12.5. The third kappa shape index (κ3) is 4.95. The van der Waals surface area contributed by atoms with Crippen LogP contribution >= 0.6 is 0 Å². The first kappa shape index (κ1) is 17.2. The minimum atomic E-state index is 0.0581. The van der Waals surface area contributed by atoms with Gasteiger partial charge in [-0.15, -0.1) is 0 Å². The zero-order valence-electron chi connectivity index (χ0n) is 14.5. The van der Waals surface area contributed by atoms with Gasteiger partial charge in [0.2, 0.25) is 0 Å². The Hall–Kier alpha value is -1.59. The minimum absolute atomic E-state index is 0.0581.